The monoisotopic (exact) mass is 332 g/mol. The highest BCUT2D eigenvalue weighted by molar-refractivity contribution is 6.00. The number of benzene rings is 1. The van der Waals surface area contributed by atoms with Gasteiger partial charge in [0.2, 0.25) is 11.8 Å². The number of nitrogens with one attached hydrogen (secondary N) is 1. The molecule has 1 heterocycles. The smallest absolute Gasteiger partial charge is 0.307 e. The molecule has 2 unspecified atom stereocenters. The van der Waals surface area contributed by atoms with E-state index in [-0.39, 0.29) is 11.8 Å². The molecular formula is C17H20N2O5. The van der Waals surface area contributed by atoms with Crippen LogP contribution in [-0.2, 0) is 14.4 Å². The van der Waals surface area contributed by atoms with Crippen molar-refractivity contribution in [3.63, 3.8) is 0 Å². The van der Waals surface area contributed by atoms with Crippen molar-refractivity contribution in [1.82, 2.24) is 0 Å². The Hall–Kier alpha value is -2.57. The Kier molecular flexibility index (Phi) is 4.42. The molecule has 0 radical (unpaired) electrons. The van der Waals surface area contributed by atoms with E-state index in [1.165, 1.54) is 7.11 Å². The molecule has 128 valence electrons. The number of rotatable bonds is 5. The fourth-order valence-corrected chi connectivity index (χ4v) is 3.03. The summed E-state index contributed by atoms with van der Waals surface area (Å²) in [7, 11) is 1.53. The Bertz CT molecular complexity index is 688. The number of ether oxygens (including phenoxy) is 1. The van der Waals surface area contributed by atoms with E-state index in [1.54, 1.807) is 23.1 Å². The lowest BCUT2D eigenvalue weighted by Gasteiger charge is -2.28. The number of carboxylic acid groups (broad SMARTS) is 1. The first-order valence-corrected chi connectivity index (χ1v) is 8.03. The molecule has 3 rings (SSSR count). The third-order valence-corrected chi connectivity index (χ3v) is 4.51. The van der Waals surface area contributed by atoms with E-state index in [1.807, 2.05) is 0 Å². The Balaban J connectivity index is 1.77. The minimum atomic E-state index is -0.940. The number of nitrogens with zero attached hydrogens (tertiary/aromatic N) is 1. The third kappa shape index (κ3) is 3.20. The molecule has 0 aromatic heterocycles. The summed E-state index contributed by atoms with van der Waals surface area (Å²) in [6, 6.07) is 5.10. The van der Waals surface area contributed by atoms with Gasteiger partial charge in [-0.3, -0.25) is 14.4 Å². The van der Waals surface area contributed by atoms with Crippen LogP contribution in [0.25, 0.3) is 0 Å². The lowest BCUT2D eigenvalue weighted by atomic mass is 10.1. The van der Waals surface area contributed by atoms with E-state index in [2.05, 4.69) is 5.32 Å². The predicted molar refractivity (Wildman–Crippen MR) is 87.1 cm³/mol. The first kappa shape index (κ1) is 16.3. The van der Waals surface area contributed by atoms with Crippen molar-refractivity contribution in [2.75, 3.05) is 23.9 Å². The Morgan fingerprint density at radius 1 is 1.29 bits per heavy atom. The SMILES string of the molecule is COc1ccc(NC(=O)C2CC2C(=O)O)cc1N1CCCCC1=O. The highest BCUT2D eigenvalue weighted by Gasteiger charge is 2.48. The standard InChI is InChI=1S/C17H20N2O5/c1-24-14-6-5-10(18-16(21)11-9-12(11)17(22)23)8-13(14)19-7-3-2-4-15(19)20/h5-6,8,11-12H,2-4,7,9H2,1H3,(H,18,21)(H,22,23). The van der Waals surface area contributed by atoms with Gasteiger partial charge in [0.15, 0.2) is 0 Å². The van der Waals surface area contributed by atoms with Crippen LogP contribution in [0.4, 0.5) is 11.4 Å². The van der Waals surface area contributed by atoms with E-state index in [4.69, 9.17) is 9.84 Å². The quantitative estimate of drug-likeness (QED) is 0.858. The molecule has 2 amide bonds. The molecular weight excluding hydrogens is 312 g/mol. The average Bonchev–Trinajstić information content (AvgIpc) is 3.36. The first-order valence-electron chi connectivity index (χ1n) is 8.03. The van der Waals surface area contributed by atoms with Crippen molar-refractivity contribution < 1.29 is 24.2 Å². The summed E-state index contributed by atoms with van der Waals surface area (Å²) in [5, 5.41) is 11.6. The summed E-state index contributed by atoms with van der Waals surface area (Å²) in [6.07, 6.45) is 2.68. The van der Waals surface area contributed by atoms with Gasteiger partial charge in [0.25, 0.3) is 0 Å². The van der Waals surface area contributed by atoms with E-state index < -0.39 is 17.8 Å². The normalized spacial score (nSPS) is 22.9. The number of amides is 2. The van der Waals surface area contributed by atoms with Gasteiger partial charge in [0.1, 0.15) is 5.75 Å². The van der Waals surface area contributed by atoms with Crippen LogP contribution in [0.2, 0.25) is 0 Å². The Labute approximate surface area is 139 Å². The molecule has 1 aliphatic carbocycles. The molecule has 7 heteroatoms. The molecule has 2 fully saturated rings. The second-order valence-electron chi connectivity index (χ2n) is 6.17. The van der Waals surface area contributed by atoms with Gasteiger partial charge in [-0.15, -0.1) is 0 Å². The number of carboxylic acids is 1. The van der Waals surface area contributed by atoms with Gasteiger partial charge >= 0.3 is 5.97 Å². The Morgan fingerprint density at radius 2 is 2.08 bits per heavy atom. The van der Waals surface area contributed by atoms with Crippen LogP contribution >= 0.6 is 0 Å². The zero-order valence-corrected chi connectivity index (χ0v) is 13.4. The third-order valence-electron chi connectivity index (χ3n) is 4.51. The van der Waals surface area contributed by atoms with Crippen LogP contribution in [0.3, 0.4) is 0 Å². The molecule has 2 aliphatic rings. The molecule has 1 saturated heterocycles. The summed E-state index contributed by atoms with van der Waals surface area (Å²) in [4.78, 5) is 36.8. The fourth-order valence-electron chi connectivity index (χ4n) is 3.03. The summed E-state index contributed by atoms with van der Waals surface area (Å²) in [5.74, 6) is -1.71. The van der Waals surface area contributed by atoms with Crippen LogP contribution < -0.4 is 15.0 Å². The zero-order chi connectivity index (χ0) is 17.3. The van der Waals surface area contributed by atoms with E-state index >= 15 is 0 Å². The molecule has 0 spiro atoms. The van der Waals surface area contributed by atoms with Crippen molar-refractivity contribution in [1.29, 1.82) is 0 Å². The number of piperidine rings is 1. The molecule has 2 N–H and O–H groups in total. The molecule has 1 aliphatic heterocycles. The van der Waals surface area contributed by atoms with Crippen molar-refractivity contribution in [3.05, 3.63) is 18.2 Å². The Morgan fingerprint density at radius 3 is 2.71 bits per heavy atom. The van der Waals surface area contributed by atoms with Crippen molar-refractivity contribution in [2.24, 2.45) is 11.8 Å². The average molecular weight is 332 g/mol. The summed E-state index contributed by atoms with van der Waals surface area (Å²) < 4.78 is 5.33. The number of aliphatic carboxylic acids is 1. The maximum atomic E-state index is 12.2. The van der Waals surface area contributed by atoms with Crippen LogP contribution in [0.15, 0.2) is 18.2 Å². The lowest BCUT2D eigenvalue weighted by molar-refractivity contribution is -0.139. The van der Waals surface area contributed by atoms with Crippen LogP contribution in [0.1, 0.15) is 25.7 Å². The number of hydrogen-bond donors (Lipinski definition) is 2. The van der Waals surface area contributed by atoms with Crippen molar-refractivity contribution in [2.45, 2.75) is 25.7 Å². The van der Waals surface area contributed by atoms with Gasteiger partial charge in [0.05, 0.1) is 24.6 Å². The summed E-state index contributed by atoms with van der Waals surface area (Å²) in [5.41, 5.74) is 1.16. The zero-order valence-electron chi connectivity index (χ0n) is 13.4. The minimum Gasteiger partial charge on any atom is -0.495 e. The molecule has 24 heavy (non-hydrogen) atoms. The minimum absolute atomic E-state index is 0.0381. The van der Waals surface area contributed by atoms with Crippen molar-refractivity contribution >= 4 is 29.2 Å². The van der Waals surface area contributed by atoms with Gasteiger partial charge in [-0.05, 0) is 37.5 Å². The van der Waals surface area contributed by atoms with Crippen LogP contribution in [-0.4, -0.2) is 36.5 Å². The summed E-state index contributed by atoms with van der Waals surface area (Å²) in [6.45, 7) is 0.621. The molecule has 7 nitrogen and oxygen atoms in total. The lowest BCUT2D eigenvalue weighted by Crippen LogP contribution is -2.35. The number of carbonyl (C=O) groups excluding carboxylic acids is 2. The van der Waals surface area contributed by atoms with Gasteiger partial charge in [0, 0.05) is 18.7 Å². The fraction of sp³-hybridized carbons (Fsp3) is 0.471. The molecule has 1 saturated carbocycles. The largest absolute Gasteiger partial charge is 0.495 e. The summed E-state index contributed by atoms with van der Waals surface area (Å²) >= 11 is 0. The second kappa shape index (κ2) is 6.51. The second-order valence-corrected chi connectivity index (χ2v) is 6.17. The van der Waals surface area contributed by atoms with Gasteiger partial charge in [-0.25, -0.2) is 0 Å². The maximum absolute atomic E-state index is 12.2. The highest BCUT2D eigenvalue weighted by Crippen LogP contribution is 2.40. The first-order chi connectivity index (χ1) is 11.5. The van der Waals surface area contributed by atoms with E-state index in [9.17, 15) is 14.4 Å². The number of anilines is 2. The maximum Gasteiger partial charge on any atom is 0.307 e. The number of hydrogen-bond acceptors (Lipinski definition) is 4. The highest BCUT2D eigenvalue weighted by atomic mass is 16.5. The predicted octanol–water partition coefficient (Wildman–Crippen LogP) is 1.87. The van der Waals surface area contributed by atoms with Crippen molar-refractivity contribution in [3.8, 4) is 5.75 Å². The van der Waals surface area contributed by atoms with Crippen LogP contribution in [0.5, 0.6) is 5.75 Å². The van der Waals surface area contributed by atoms with Gasteiger partial charge in [-0.2, -0.15) is 0 Å². The molecule has 2 atom stereocenters. The number of methoxy groups -OCH3 is 1. The molecule has 0 bridgehead atoms. The van der Waals surface area contributed by atoms with E-state index in [0.717, 1.165) is 12.8 Å². The number of carbonyl (C=O) groups is 3. The van der Waals surface area contributed by atoms with Gasteiger partial charge in [-0.1, -0.05) is 0 Å². The molecule has 1 aromatic carbocycles. The van der Waals surface area contributed by atoms with Gasteiger partial charge < -0.3 is 20.1 Å². The van der Waals surface area contributed by atoms with E-state index in [0.29, 0.717) is 36.5 Å². The topological polar surface area (TPSA) is 95.9 Å². The van der Waals surface area contributed by atoms with Crippen LogP contribution in [0, 0.1) is 11.8 Å². The molecule has 1 aromatic rings.